The number of carbonyl (C=O) groups excluding carboxylic acids is 1. The number of ether oxygens (including phenoxy) is 3. The number of esters is 1. The maximum absolute atomic E-state index is 12.2. The Morgan fingerprint density at radius 1 is 1.24 bits per heavy atom. The second-order valence-electron chi connectivity index (χ2n) is 5.21. The van der Waals surface area contributed by atoms with E-state index >= 15 is 0 Å². The fourth-order valence-electron chi connectivity index (χ4n) is 2.65. The molecular formula is C17H14NO7-. The SMILES string of the molecule is COc1ccc2c(c1OC)C(=O)O[C@H]2Nc1ccc([O-])c(C(=O)O)c1. The summed E-state index contributed by atoms with van der Waals surface area (Å²) in [4.78, 5) is 23.3. The second kappa shape index (κ2) is 6.23. The number of carbonyl (C=O) groups is 2. The van der Waals surface area contributed by atoms with Gasteiger partial charge in [0.25, 0.3) is 0 Å². The first kappa shape index (κ1) is 16.4. The van der Waals surface area contributed by atoms with E-state index in [2.05, 4.69) is 5.32 Å². The van der Waals surface area contributed by atoms with Gasteiger partial charge >= 0.3 is 11.9 Å². The third-order valence-corrected chi connectivity index (χ3v) is 3.80. The van der Waals surface area contributed by atoms with Gasteiger partial charge in [0.1, 0.15) is 5.56 Å². The van der Waals surface area contributed by atoms with Gasteiger partial charge in [0, 0.05) is 11.3 Å². The lowest BCUT2D eigenvalue weighted by molar-refractivity contribution is -0.268. The number of methoxy groups -OCH3 is 2. The fourth-order valence-corrected chi connectivity index (χ4v) is 2.65. The van der Waals surface area contributed by atoms with Crippen molar-refractivity contribution < 1.29 is 34.0 Å². The summed E-state index contributed by atoms with van der Waals surface area (Å²) in [5, 5.41) is 23.5. The predicted molar refractivity (Wildman–Crippen MR) is 84.2 cm³/mol. The molecule has 0 saturated heterocycles. The maximum Gasteiger partial charge on any atom is 0.344 e. The highest BCUT2D eigenvalue weighted by atomic mass is 16.6. The summed E-state index contributed by atoms with van der Waals surface area (Å²) < 4.78 is 15.7. The maximum atomic E-state index is 12.2. The van der Waals surface area contributed by atoms with E-state index in [4.69, 9.17) is 19.3 Å². The first-order valence-electron chi connectivity index (χ1n) is 7.23. The summed E-state index contributed by atoms with van der Waals surface area (Å²) >= 11 is 0. The molecule has 0 radical (unpaired) electrons. The molecule has 2 N–H and O–H groups in total. The van der Waals surface area contributed by atoms with Gasteiger partial charge in [-0.25, -0.2) is 9.59 Å². The third-order valence-electron chi connectivity index (χ3n) is 3.80. The summed E-state index contributed by atoms with van der Waals surface area (Å²) in [7, 11) is 2.87. The summed E-state index contributed by atoms with van der Waals surface area (Å²) in [6.07, 6.45) is -0.846. The Balaban J connectivity index is 1.97. The van der Waals surface area contributed by atoms with Crippen LogP contribution in [-0.4, -0.2) is 31.3 Å². The average molecular weight is 344 g/mol. The minimum atomic E-state index is -1.33. The number of hydrogen-bond acceptors (Lipinski definition) is 7. The largest absolute Gasteiger partial charge is 0.872 e. The first-order valence-corrected chi connectivity index (χ1v) is 7.23. The molecule has 8 nitrogen and oxygen atoms in total. The molecule has 8 heteroatoms. The fraction of sp³-hybridized carbons (Fsp3) is 0.176. The average Bonchev–Trinajstić information content (AvgIpc) is 2.91. The molecule has 0 aromatic heterocycles. The van der Waals surface area contributed by atoms with Crippen molar-refractivity contribution in [3.05, 3.63) is 47.0 Å². The minimum Gasteiger partial charge on any atom is -0.872 e. The number of nitrogens with one attached hydrogen (secondary N) is 1. The van der Waals surface area contributed by atoms with Gasteiger partial charge in [0.2, 0.25) is 6.23 Å². The molecule has 1 heterocycles. The van der Waals surface area contributed by atoms with E-state index in [9.17, 15) is 14.7 Å². The molecule has 2 aromatic carbocycles. The van der Waals surface area contributed by atoms with Gasteiger partial charge < -0.3 is 29.7 Å². The molecule has 3 rings (SSSR count). The highest BCUT2D eigenvalue weighted by Gasteiger charge is 2.35. The predicted octanol–water partition coefficient (Wildman–Crippen LogP) is 1.76. The molecule has 0 spiro atoms. The summed E-state index contributed by atoms with van der Waals surface area (Å²) in [6.45, 7) is 0. The summed E-state index contributed by atoms with van der Waals surface area (Å²) in [6, 6.07) is 7.04. The zero-order chi connectivity index (χ0) is 18.1. The van der Waals surface area contributed by atoms with Gasteiger partial charge in [-0.1, -0.05) is 11.8 Å². The van der Waals surface area contributed by atoms with Crippen molar-refractivity contribution >= 4 is 17.6 Å². The number of carboxylic acid groups (broad SMARTS) is 1. The number of rotatable bonds is 5. The zero-order valence-electron chi connectivity index (χ0n) is 13.4. The van der Waals surface area contributed by atoms with Crippen LogP contribution < -0.4 is 19.9 Å². The van der Waals surface area contributed by atoms with Crippen LogP contribution in [0.1, 0.15) is 32.5 Å². The quantitative estimate of drug-likeness (QED) is 0.788. The number of anilines is 1. The highest BCUT2D eigenvalue weighted by molar-refractivity contribution is 5.98. The molecule has 130 valence electrons. The van der Waals surface area contributed by atoms with Crippen LogP contribution in [0.25, 0.3) is 0 Å². The first-order chi connectivity index (χ1) is 12.0. The molecule has 1 aliphatic heterocycles. The Labute approximate surface area is 142 Å². The topological polar surface area (TPSA) is 117 Å². The number of cyclic esters (lactones) is 1. The lowest BCUT2D eigenvalue weighted by Gasteiger charge is -2.17. The minimum absolute atomic E-state index is 0.234. The van der Waals surface area contributed by atoms with Gasteiger partial charge in [0.15, 0.2) is 11.5 Å². The van der Waals surface area contributed by atoms with Crippen LogP contribution in [0.2, 0.25) is 0 Å². The van der Waals surface area contributed by atoms with E-state index in [-0.39, 0.29) is 16.9 Å². The number of carboxylic acids is 1. The number of fused-ring (bicyclic) bond motifs is 1. The smallest absolute Gasteiger partial charge is 0.344 e. The molecule has 0 saturated carbocycles. The van der Waals surface area contributed by atoms with Crippen LogP contribution in [0, 0.1) is 0 Å². The Bertz CT molecular complexity index is 862. The van der Waals surface area contributed by atoms with Crippen molar-refractivity contribution in [1.82, 2.24) is 0 Å². The molecular weight excluding hydrogens is 330 g/mol. The molecule has 0 fully saturated rings. The van der Waals surface area contributed by atoms with Crippen LogP contribution in [0.5, 0.6) is 17.2 Å². The van der Waals surface area contributed by atoms with Gasteiger partial charge in [0.05, 0.1) is 19.8 Å². The van der Waals surface area contributed by atoms with Crippen LogP contribution in [-0.2, 0) is 4.74 Å². The van der Waals surface area contributed by atoms with Crippen LogP contribution in [0.3, 0.4) is 0 Å². The van der Waals surface area contributed by atoms with E-state index in [1.165, 1.54) is 26.4 Å². The Morgan fingerprint density at radius 3 is 2.64 bits per heavy atom. The molecule has 0 unspecified atom stereocenters. The number of benzene rings is 2. The lowest BCUT2D eigenvalue weighted by Crippen LogP contribution is -2.11. The normalized spacial score (nSPS) is 15.3. The van der Waals surface area contributed by atoms with Crippen molar-refractivity contribution in [2.24, 2.45) is 0 Å². The van der Waals surface area contributed by atoms with E-state index in [1.54, 1.807) is 12.1 Å². The van der Waals surface area contributed by atoms with Crippen molar-refractivity contribution in [3.63, 3.8) is 0 Å². The van der Waals surface area contributed by atoms with E-state index in [0.717, 1.165) is 6.07 Å². The van der Waals surface area contributed by atoms with Crippen LogP contribution in [0.4, 0.5) is 5.69 Å². The monoisotopic (exact) mass is 344 g/mol. The molecule has 0 aliphatic carbocycles. The van der Waals surface area contributed by atoms with Crippen LogP contribution in [0.15, 0.2) is 30.3 Å². The van der Waals surface area contributed by atoms with Gasteiger partial charge in [-0.2, -0.15) is 0 Å². The summed E-state index contributed by atoms with van der Waals surface area (Å²) in [5.74, 6) is -1.88. The van der Waals surface area contributed by atoms with E-state index in [0.29, 0.717) is 17.0 Å². The summed E-state index contributed by atoms with van der Waals surface area (Å²) in [5.41, 5.74) is 0.711. The van der Waals surface area contributed by atoms with Crippen molar-refractivity contribution in [1.29, 1.82) is 0 Å². The molecule has 1 aliphatic rings. The molecule has 2 aromatic rings. The van der Waals surface area contributed by atoms with Crippen molar-refractivity contribution in [2.45, 2.75) is 6.23 Å². The van der Waals surface area contributed by atoms with Gasteiger partial charge in [-0.3, -0.25) is 0 Å². The van der Waals surface area contributed by atoms with Crippen LogP contribution >= 0.6 is 0 Å². The van der Waals surface area contributed by atoms with Crippen molar-refractivity contribution in [2.75, 3.05) is 19.5 Å². The van der Waals surface area contributed by atoms with Crippen molar-refractivity contribution in [3.8, 4) is 17.2 Å². The third kappa shape index (κ3) is 2.78. The second-order valence-corrected chi connectivity index (χ2v) is 5.21. The van der Waals surface area contributed by atoms with E-state index < -0.39 is 23.9 Å². The van der Waals surface area contributed by atoms with Gasteiger partial charge in [-0.15, -0.1) is 0 Å². The molecule has 1 atom stereocenters. The Kier molecular flexibility index (Phi) is 4.10. The van der Waals surface area contributed by atoms with E-state index in [1.807, 2.05) is 0 Å². The molecule has 0 amide bonds. The zero-order valence-corrected chi connectivity index (χ0v) is 13.4. The van der Waals surface area contributed by atoms with Gasteiger partial charge in [-0.05, 0) is 24.3 Å². The molecule has 0 bridgehead atoms. The number of hydrogen-bond donors (Lipinski definition) is 2. The standard InChI is InChI=1S/C17H15NO7/c1-23-12-6-4-9-13(14(12)24-2)17(22)25-15(9)18-8-3-5-11(19)10(7-8)16(20)21/h3-7,15,18-19H,1-2H3,(H,20,21)/p-1/t15-/m1/s1. The highest BCUT2D eigenvalue weighted by Crippen LogP contribution is 2.42. The Morgan fingerprint density at radius 2 is 2.00 bits per heavy atom. The lowest BCUT2D eigenvalue weighted by atomic mass is 10.1. The Hall–Kier alpha value is -3.42. The number of aromatic carboxylic acids is 1. The molecule has 25 heavy (non-hydrogen) atoms.